The number of hydrazone groups is 1. The van der Waals surface area contributed by atoms with Crippen molar-refractivity contribution in [2.45, 2.75) is 0 Å². The van der Waals surface area contributed by atoms with Crippen molar-refractivity contribution in [1.82, 2.24) is 10.7 Å². The van der Waals surface area contributed by atoms with Gasteiger partial charge in [0.15, 0.2) is 0 Å². The zero-order valence-electron chi connectivity index (χ0n) is 12.8. The van der Waals surface area contributed by atoms with Crippen LogP contribution >= 0.6 is 11.6 Å². The van der Waals surface area contributed by atoms with Crippen LogP contribution in [0.25, 0.3) is 0 Å². The summed E-state index contributed by atoms with van der Waals surface area (Å²) in [5.41, 5.74) is 3.17. The number of nitrogens with one attached hydrogen (secondary N) is 2. The summed E-state index contributed by atoms with van der Waals surface area (Å²) in [7, 11) is 0. The number of benzene rings is 2. The highest BCUT2D eigenvalue weighted by Gasteiger charge is 2.07. The summed E-state index contributed by atoms with van der Waals surface area (Å²) in [6, 6.07) is 11.9. The maximum absolute atomic E-state index is 11.8. The number of amides is 2. The average molecular weight is 361 g/mol. The number of hydrogen-bond donors (Lipinski definition) is 2. The van der Waals surface area contributed by atoms with Crippen LogP contribution in [0.4, 0.5) is 5.69 Å². The Hall–Kier alpha value is -3.26. The van der Waals surface area contributed by atoms with E-state index >= 15 is 0 Å². The quantitative estimate of drug-likeness (QED) is 0.466. The van der Waals surface area contributed by atoms with Gasteiger partial charge in [0.25, 0.3) is 17.5 Å². The molecular formula is C16H13ClN4O4. The largest absolute Gasteiger partial charge is 0.343 e. The lowest BCUT2D eigenvalue weighted by atomic mass is 10.2. The summed E-state index contributed by atoms with van der Waals surface area (Å²) < 4.78 is 0. The van der Waals surface area contributed by atoms with E-state index in [9.17, 15) is 19.7 Å². The molecule has 0 heterocycles. The van der Waals surface area contributed by atoms with Crippen molar-refractivity contribution in [3.8, 4) is 0 Å². The van der Waals surface area contributed by atoms with Gasteiger partial charge in [-0.15, -0.1) is 0 Å². The van der Waals surface area contributed by atoms with Crippen LogP contribution in [0.2, 0.25) is 5.02 Å². The van der Waals surface area contributed by atoms with Gasteiger partial charge in [0.1, 0.15) is 0 Å². The van der Waals surface area contributed by atoms with Crippen LogP contribution in [-0.4, -0.2) is 29.5 Å². The minimum Gasteiger partial charge on any atom is -0.343 e. The van der Waals surface area contributed by atoms with E-state index in [4.69, 9.17) is 11.6 Å². The molecule has 2 aromatic rings. The number of nitro benzene ring substituents is 1. The lowest BCUT2D eigenvalue weighted by Crippen LogP contribution is -2.34. The lowest BCUT2D eigenvalue weighted by Gasteiger charge is -2.04. The molecule has 0 unspecified atom stereocenters. The highest BCUT2D eigenvalue weighted by molar-refractivity contribution is 6.30. The average Bonchev–Trinajstić information content (AvgIpc) is 2.60. The second-order valence-corrected chi connectivity index (χ2v) is 5.27. The van der Waals surface area contributed by atoms with E-state index in [1.165, 1.54) is 30.5 Å². The summed E-state index contributed by atoms with van der Waals surface area (Å²) in [6.07, 6.45) is 1.34. The van der Waals surface area contributed by atoms with Crippen LogP contribution in [0.5, 0.6) is 0 Å². The molecule has 2 rings (SSSR count). The molecule has 128 valence electrons. The molecule has 9 heteroatoms. The van der Waals surface area contributed by atoms with Crippen molar-refractivity contribution in [2.24, 2.45) is 5.10 Å². The fourth-order valence-corrected chi connectivity index (χ4v) is 1.89. The molecule has 0 fully saturated rings. The Morgan fingerprint density at radius 3 is 2.36 bits per heavy atom. The first-order valence-corrected chi connectivity index (χ1v) is 7.43. The van der Waals surface area contributed by atoms with E-state index in [1.54, 1.807) is 24.3 Å². The second-order valence-electron chi connectivity index (χ2n) is 4.83. The van der Waals surface area contributed by atoms with E-state index in [0.717, 1.165) is 0 Å². The van der Waals surface area contributed by atoms with Crippen LogP contribution in [0.1, 0.15) is 15.9 Å². The fourth-order valence-electron chi connectivity index (χ4n) is 1.76. The number of carbonyl (C=O) groups excluding carboxylic acids is 2. The van der Waals surface area contributed by atoms with Crippen LogP contribution < -0.4 is 10.7 Å². The third kappa shape index (κ3) is 5.70. The standard InChI is InChI=1S/C16H13ClN4O4/c17-13-5-3-12(4-6-13)16(23)18-10-15(22)20-19-9-11-1-7-14(8-2-11)21(24)25/h1-9H,10H2,(H,18,23)(H,20,22). The highest BCUT2D eigenvalue weighted by atomic mass is 35.5. The van der Waals surface area contributed by atoms with Gasteiger partial charge in [-0.25, -0.2) is 5.43 Å². The molecule has 0 bridgehead atoms. The van der Waals surface area contributed by atoms with E-state index in [0.29, 0.717) is 16.1 Å². The zero-order chi connectivity index (χ0) is 18.2. The Labute approximate surface area is 147 Å². The predicted octanol–water partition coefficient (Wildman–Crippen LogP) is 2.13. The molecule has 0 aliphatic carbocycles. The number of hydrogen-bond acceptors (Lipinski definition) is 5. The third-order valence-corrected chi connectivity index (χ3v) is 3.27. The van der Waals surface area contributed by atoms with Gasteiger partial charge in [0.2, 0.25) is 0 Å². The summed E-state index contributed by atoms with van der Waals surface area (Å²) in [4.78, 5) is 33.5. The van der Waals surface area contributed by atoms with Gasteiger partial charge < -0.3 is 5.32 Å². The van der Waals surface area contributed by atoms with Crippen molar-refractivity contribution in [2.75, 3.05) is 6.54 Å². The van der Waals surface area contributed by atoms with Crippen molar-refractivity contribution in [1.29, 1.82) is 0 Å². The molecule has 0 aromatic heterocycles. The highest BCUT2D eigenvalue weighted by Crippen LogP contribution is 2.10. The number of nitrogens with zero attached hydrogens (tertiary/aromatic N) is 2. The molecule has 2 amide bonds. The molecule has 25 heavy (non-hydrogen) atoms. The summed E-state index contributed by atoms with van der Waals surface area (Å²) in [5, 5.41) is 17.2. The van der Waals surface area contributed by atoms with Gasteiger partial charge in [0, 0.05) is 22.7 Å². The van der Waals surface area contributed by atoms with Gasteiger partial charge in [-0.05, 0) is 42.0 Å². The normalized spacial score (nSPS) is 10.4. The zero-order valence-corrected chi connectivity index (χ0v) is 13.6. The maximum atomic E-state index is 11.8. The Morgan fingerprint density at radius 1 is 1.12 bits per heavy atom. The van der Waals surface area contributed by atoms with Crippen LogP contribution in [0.15, 0.2) is 53.6 Å². The number of nitro groups is 1. The first kappa shape index (κ1) is 18.1. The predicted molar refractivity (Wildman–Crippen MR) is 92.6 cm³/mol. The molecule has 0 spiro atoms. The minimum absolute atomic E-state index is 0.0360. The van der Waals surface area contributed by atoms with Crippen molar-refractivity contribution >= 4 is 35.3 Å². The third-order valence-electron chi connectivity index (χ3n) is 3.02. The second kappa shape index (κ2) is 8.55. The van der Waals surface area contributed by atoms with E-state index in [-0.39, 0.29) is 12.2 Å². The summed E-state index contributed by atoms with van der Waals surface area (Å²) in [6.45, 7) is -0.251. The first-order valence-electron chi connectivity index (χ1n) is 7.06. The molecule has 0 atom stereocenters. The molecule has 0 aliphatic heterocycles. The molecule has 0 radical (unpaired) electrons. The minimum atomic E-state index is -0.513. The molecule has 0 aliphatic rings. The Morgan fingerprint density at radius 2 is 1.76 bits per heavy atom. The molecule has 0 saturated carbocycles. The first-order chi connectivity index (χ1) is 12.0. The Kier molecular flexibility index (Phi) is 6.19. The Bertz CT molecular complexity index is 804. The summed E-state index contributed by atoms with van der Waals surface area (Å²) in [5.74, 6) is -0.924. The van der Waals surface area contributed by atoms with Gasteiger partial charge in [-0.1, -0.05) is 11.6 Å². The molecule has 8 nitrogen and oxygen atoms in total. The Balaban J connectivity index is 1.79. The van der Waals surface area contributed by atoms with E-state index in [2.05, 4.69) is 15.8 Å². The van der Waals surface area contributed by atoms with Crippen molar-refractivity contribution < 1.29 is 14.5 Å². The number of non-ortho nitro benzene ring substituents is 1. The van der Waals surface area contributed by atoms with Gasteiger partial charge >= 0.3 is 0 Å². The molecule has 2 aromatic carbocycles. The van der Waals surface area contributed by atoms with Gasteiger partial charge in [-0.3, -0.25) is 19.7 Å². The number of halogens is 1. The van der Waals surface area contributed by atoms with E-state index in [1.807, 2.05) is 0 Å². The maximum Gasteiger partial charge on any atom is 0.269 e. The summed E-state index contributed by atoms with van der Waals surface area (Å²) >= 11 is 5.73. The smallest absolute Gasteiger partial charge is 0.269 e. The van der Waals surface area contributed by atoms with E-state index < -0.39 is 16.7 Å². The monoisotopic (exact) mass is 360 g/mol. The molecule has 0 saturated heterocycles. The van der Waals surface area contributed by atoms with Crippen LogP contribution in [-0.2, 0) is 4.79 Å². The van der Waals surface area contributed by atoms with Crippen LogP contribution in [0, 0.1) is 10.1 Å². The van der Waals surface area contributed by atoms with Crippen LogP contribution in [0.3, 0.4) is 0 Å². The topological polar surface area (TPSA) is 114 Å². The fraction of sp³-hybridized carbons (Fsp3) is 0.0625. The lowest BCUT2D eigenvalue weighted by molar-refractivity contribution is -0.384. The van der Waals surface area contributed by atoms with Gasteiger partial charge in [-0.2, -0.15) is 5.10 Å². The molecule has 2 N–H and O–H groups in total. The SMILES string of the molecule is O=C(CNC(=O)c1ccc(Cl)cc1)NN=Cc1ccc([N+](=O)[O-])cc1. The van der Waals surface area contributed by atoms with Gasteiger partial charge in [0.05, 0.1) is 17.7 Å². The number of carbonyl (C=O) groups is 2. The molecular weight excluding hydrogens is 348 g/mol. The number of rotatable bonds is 6. The van der Waals surface area contributed by atoms with Crippen molar-refractivity contribution in [3.05, 3.63) is 74.8 Å². The van der Waals surface area contributed by atoms with Crippen molar-refractivity contribution in [3.63, 3.8) is 0 Å².